The molecule has 2 aromatic carbocycles. The molecule has 0 radical (unpaired) electrons. The maximum absolute atomic E-state index is 13.7. The zero-order chi connectivity index (χ0) is 13.3. The molecule has 0 aromatic heterocycles. The Morgan fingerprint density at radius 2 is 1.72 bits per heavy atom. The van der Waals surface area contributed by atoms with Gasteiger partial charge in [0.15, 0.2) is 0 Å². The molecule has 1 unspecified atom stereocenters. The number of halogens is 5. The lowest BCUT2D eigenvalue weighted by molar-refractivity contribution is 0.588. The van der Waals surface area contributed by atoms with E-state index in [0.29, 0.717) is 5.02 Å². The van der Waals surface area contributed by atoms with E-state index >= 15 is 0 Å². The van der Waals surface area contributed by atoms with Crippen molar-refractivity contribution in [1.29, 1.82) is 0 Å². The molecule has 18 heavy (non-hydrogen) atoms. The topological polar surface area (TPSA) is 0 Å². The van der Waals surface area contributed by atoms with Crippen LogP contribution >= 0.6 is 43.5 Å². The molecule has 0 aliphatic heterocycles. The molecule has 0 nitrogen and oxygen atoms in total. The monoisotopic (exact) mass is 394 g/mol. The molecule has 0 fully saturated rings. The molecule has 0 spiro atoms. The molecule has 0 N–H and O–H groups in total. The van der Waals surface area contributed by atoms with E-state index in [9.17, 15) is 8.78 Å². The average Bonchev–Trinajstić information content (AvgIpc) is 2.34. The van der Waals surface area contributed by atoms with Crippen molar-refractivity contribution in [2.45, 2.75) is 4.83 Å². The zero-order valence-corrected chi connectivity index (χ0v) is 12.9. The lowest BCUT2D eigenvalue weighted by Crippen LogP contribution is -1.98. The van der Waals surface area contributed by atoms with Crippen molar-refractivity contribution in [3.8, 4) is 0 Å². The van der Waals surface area contributed by atoms with Crippen LogP contribution in [0.4, 0.5) is 8.78 Å². The Hall–Kier alpha value is -0.450. The summed E-state index contributed by atoms with van der Waals surface area (Å²) in [5.74, 6) is -0.945. The molecule has 2 rings (SSSR count). The predicted molar refractivity (Wildman–Crippen MR) is 76.3 cm³/mol. The SMILES string of the molecule is Fc1ccc(F)c(C(Br)c2cc(Cl)ccc2Br)c1. The van der Waals surface area contributed by atoms with E-state index in [-0.39, 0.29) is 5.56 Å². The van der Waals surface area contributed by atoms with Crippen LogP contribution in [-0.2, 0) is 0 Å². The van der Waals surface area contributed by atoms with Crippen molar-refractivity contribution >= 4 is 43.5 Å². The molecule has 0 heterocycles. The minimum absolute atomic E-state index is 0.234. The van der Waals surface area contributed by atoms with Crippen LogP contribution in [0.2, 0.25) is 5.02 Å². The number of alkyl halides is 1. The van der Waals surface area contributed by atoms with Gasteiger partial charge in [0.2, 0.25) is 0 Å². The molecule has 0 amide bonds. The van der Waals surface area contributed by atoms with Crippen LogP contribution in [0.3, 0.4) is 0 Å². The molecule has 2 aromatic rings. The second-order valence-electron chi connectivity index (χ2n) is 3.69. The number of rotatable bonds is 2. The summed E-state index contributed by atoms with van der Waals surface area (Å²) in [5.41, 5.74) is 0.977. The van der Waals surface area contributed by atoms with Gasteiger partial charge in [-0.3, -0.25) is 0 Å². The van der Waals surface area contributed by atoms with Crippen LogP contribution in [0.15, 0.2) is 40.9 Å². The summed E-state index contributed by atoms with van der Waals surface area (Å²) in [7, 11) is 0. The number of benzene rings is 2. The first-order chi connectivity index (χ1) is 8.49. The van der Waals surface area contributed by atoms with E-state index < -0.39 is 16.5 Å². The second-order valence-corrected chi connectivity index (χ2v) is 5.90. The van der Waals surface area contributed by atoms with Crippen LogP contribution in [0.1, 0.15) is 16.0 Å². The van der Waals surface area contributed by atoms with E-state index in [1.807, 2.05) is 0 Å². The predicted octanol–water partition coefficient (Wildman–Crippen LogP) is 5.87. The third-order valence-corrected chi connectivity index (χ3v) is 4.41. The summed E-state index contributed by atoms with van der Waals surface area (Å²) in [6.45, 7) is 0. The summed E-state index contributed by atoms with van der Waals surface area (Å²) < 4.78 is 27.6. The Bertz CT molecular complexity index is 536. The zero-order valence-electron chi connectivity index (χ0n) is 8.93. The normalized spacial score (nSPS) is 12.5. The first-order valence-electron chi connectivity index (χ1n) is 5.03. The van der Waals surface area contributed by atoms with Gasteiger partial charge in [0, 0.05) is 15.1 Å². The van der Waals surface area contributed by atoms with Gasteiger partial charge in [0.25, 0.3) is 0 Å². The highest BCUT2D eigenvalue weighted by Gasteiger charge is 2.18. The van der Waals surface area contributed by atoms with Crippen LogP contribution < -0.4 is 0 Å². The van der Waals surface area contributed by atoms with E-state index in [2.05, 4.69) is 31.9 Å². The third kappa shape index (κ3) is 2.92. The van der Waals surface area contributed by atoms with Gasteiger partial charge in [-0.15, -0.1) is 0 Å². The minimum atomic E-state index is -0.478. The van der Waals surface area contributed by atoms with E-state index in [0.717, 1.165) is 22.2 Å². The van der Waals surface area contributed by atoms with Crippen molar-refractivity contribution in [2.24, 2.45) is 0 Å². The highest BCUT2D eigenvalue weighted by molar-refractivity contribution is 9.11. The summed E-state index contributed by atoms with van der Waals surface area (Å²) >= 11 is 12.6. The molecule has 0 saturated heterocycles. The Balaban J connectivity index is 2.50. The van der Waals surface area contributed by atoms with Gasteiger partial charge in [-0.2, -0.15) is 0 Å². The fraction of sp³-hybridized carbons (Fsp3) is 0.0769. The fourth-order valence-corrected chi connectivity index (χ4v) is 3.28. The summed E-state index contributed by atoms with van der Waals surface area (Å²) in [6.07, 6.45) is 0. The molecule has 0 aliphatic carbocycles. The smallest absolute Gasteiger partial charge is 0.128 e. The van der Waals surface area contributed by atoms with E-state index in [4.69, 9.17) is 11.6 Å². The van der Waals surface area contributed by atoms with Gasteiger partial charge in [-0.1, -0.05) is 43.5 Å². The third-order valence-electron chi connectivity index (χ3n) is 2.46. The maximum atomic E-state index is 13.7. The Morgan fingerprint density at radius 1 is 1.00 bits per heavy atom. The largest absolute Gasteiger partial charge is 0.207 e. The van der Waals surface area contributed by atoms with Gasteiger partial charge >= 0.3 is 0 Å². The van der Waals surface area contributed by atoms with E-state index in [1.165, 1.54) is 6.07 Å². The molecule has 0 aliphatic rings. The first kappa shape index (κ1) is 14.0. The van der Waals surface area contributed by atoms with Crippen LogP contribution in [-0.4, -0.2) is 0 Å². The van der Waals surface area contributed by atoms with Crippen molar-refractivity contribution < 1.29 is 8.78 Å². The summed E-state index contributed by atoms with van der Waals surface area (Å²) in [6, 6.07) is 8.56. The molecule has 94 valence electrons. The maximum Gasteiger partial charge on any atom is 0.128 e. The fourth-order valence-electron chi connectivity index (χ4n) is 1.59. The van der Waals surface area contributed by atoms with Gasteiger partial charge in [0.05, 0.1) is 4.83 Å². The van der Waals surface area contributed by atoms with Gasteiger partial charge in [0.1, 0.15) is 11.6 Å². The van der Waals surface area contributed by atoms with Gasteiger partial charge in [-0.05, 0) is 42.0 Å². The highest BCUT2D eigenvalue weighted by Crippen LogP contribution is 2.38. The summed E-state index contributed by atoms with van der Waals surface area (Å²) in [5, 5.41) is 0.537. The quantitative estimate of drug-likeness (QED) is 0.558. The Kier molecular flexibility index (Phi) is 4.41. The summed E-state index contributed by atoms with van der Waals surface area (Å²) in [4.78, 5) is -0.471. The Morgan fingerprint density at radius 3 is 2.44 bits per heavy atom. The Labute approximate surface area is 125 Å². The number of hydrogen-bond donors (Lipinski definition) is 0. The molecule has 5 heteroatoms. The molecular weight excluding hydrogens is 389 g/mol. The van der Waals surface area contributed by atoms with E-state index in [1.54, 1.807) is 18.2 Å². The minimum Gasteiger partial charge on any atom is -0.207 e. The van der Waals surface area contributed by atoms with Crippen molar-refractivity contribution in [2.75, 3.05) is 0 Å². The second kappa shape index (κ2) is 5.68. The lowest BCUT2D eigenvalue weighted by atomic mass is 10.0. The average molecular weight is 396 g/mol. The van der Waals surface area contributed by atoms with Crippen molar-refractivity contribution in [1.82, 2.24) is 0 Å². The van der Waals surface area contributed by atoms with Crippen molar-refractivity contribution in [3.05, 3.63) is 68.7 Å². The van der Waals surface area contributed by atoms with Gasteiger partial charge in [-0.25, -0.2) is 8.78 Å². The molecule has 0 bridgehead atoms. The first-order valence-corrected chi connectivity index (χ1v) is 7.11. The van der Waals surface area contributed by atoms with Gasteiger partial charge < -0.3 is 0 Å². The van der Waals surface area contributed by atoms with Crippen LogP contribution in [0.5, 0.6) is 0 Å². The number of hydrogen-bond acceptors (Lipinski definition) is 0. The molecule has 1 atom stereocenters. The lowest BCUT2D eigenvalue weighted by Gasteiger charge is -2.14. The molecular formula is C13H7Br2ClF2. The highest BCUT2D eigenvalue weighted by atomic mass is 79.9. The standard InChI is InChI=1S/C13H7Br2ClF2/c14-11-3-1-7(16)5-9(11)13(15)10-6-8(17)2-4-12(10)18/h1-6,13H. The van der Waals surface area contributed by atoms with Crippen LogP contribution in [0.25, 0.3) is 0 Å². The molecule has 0 saturated carbocycles. The van der Waals surface area contributed by atoms with Crippen LogP contribution in [0, 0.1) is 11.6 Å². The van der Waals surface area contributed by atoms with Crippen molar-refractivity contribution in [3.63, 3.8) is 0 Å².